The first-order chi connectivity index (χ1) is 9.99. The molecular weight excluding hydrogens is 266 g/mol. The molecule has 0 aromatic carbocycles. The van der Waals surface area contributed by atoms with E-state index >= 15 is 0 Å². The van der Waals surface area contributed by atoms with E-state index in [0.29, 0.717) is 17.3 Å². The van der Waals surface area contributed by atoms with E-state index in [0.717, 1.165) is 0 Å². The normalized spacial score (nSPS) is 12.2. The van der Waals surface area contributed by atoms with Crippen LogP contribution in [0, 0.1) is 5.92 Å². The van der Waals surface area contributed by atoms with Crippen LogP contribution in [-0.4, -0.2) is 21.9 Å². The van der Waals surface area contributed by atoms with Gasteiger partial charge in [0.05, 0.1) is 11.4 Å². The lowest BCUT2D eigenvalue weighted by molar-refractivity contribution is 0.0929. The molecule has 0 unspecified atom stereocenters. The van der Waals surface area contributed by atoms with Gasteiger partial charge in [-0.1, -0.05) is 19.9 Å². The monoisotopic (exact) mass is 285 g/mol. The number of carbonyl (C=O) groups is 1. The molecule has 0 spiro atoms. The van der Waals surface area contributed by atoms with Crippen molar-refractivity contribution in [3.05, 3.63) is 52.4 Å². The van der Waals surface area contributed by atoms with Gasteiger partial charge in [-0.15, -0.1) is 0 Å². The first-order valence-corrected chi connectivity index (χ1v) is 6.94. The number of carbonyl (C=O) groups excluding carboxylic acids is 1. The summed E-state index contributed by atoms with van der Waals surface area (Å²) in [6, 6.07) is 8.67. The average Bonchev–Trinajstić information content (AvgIpc) is 2.47. The van der Waals surface area contributed by atoms with Crippen molar-refractivity contribution in [3.63, 3.8) is 0 Å². The third-order valence-corrected chi connectivity index (χ3v) is 3.45. The van der Waals surface area contributed by atoms with Crippen molar-refractivity contribution in [2.45, 2.75) is 26.8 Å². The third-order valence-electron chi connectivity index (χ3n) is 3.45. The van der Waals surface area contributed by atoms with E-state index < -0.39 is 5.56 Å². The van der Waals surface area contributed by atoms with Gasteiger partial charge in [0.25, 0.3) is 11.5 Å². The molecule has 2 aromatic rings. The summed E-state index contributed by atoms with van der Waals surface area (Å²) in [6.07, 6.45) is 1.65. The Kier molecular flexibility index (Phi) is 4.52. The lowest BCUT2D eigenvalue weighted by Gasteiger charge is -2.17. The maximum absolute atomic E-state index is 12.1. The number of amides is 1. The molecule has 1 amide bonds. The minimum atomic E-state index is -0.411. The van der Waals surface area contributed by atoms with Crippen molar-refractivity contribution in [1.29, 1.82) is 0 Å². The van der Waals surface area contributed by atoms with Gasteiger partial charge in [-0.2, -0.15) is 0 Å². The Morgan fingerprint density at radius 2 is 1.95 bits per heavy atom. The van der Waals surface area contributed by atoms with Crippen LogP contribution in [0.15, 0.2) is 41.3 Å². The zero-order valence-corrected chi connectivity index (χ0v) is 12.4. The number of rotatable bonds is 4. The summed E-state index contributed by atoms with van der Waals surface area (Å²) in [5.74, 6) is -0.0501. The van der Waals surface area contributed by atoms with Crippen LogP contribution in [0.2, 0.25) is 0 Å². The molecule has 0 aliphatic rings. The molecule has 0 aliphatic carbocycles. The smallest absolute Gasteiger partial charge is 0.261 e. The minimum Gasteiger partial charge on any atom is -0.349 e. The Balaban J connectivity index is 2.24. The second kappa shape index (κ2) is 6.35. The van der Waals surface area contributed by atoms with E-state index in [1.807, 2.05) is 26.8 Å². The minimum absolute atomic E-state index is 0.00682. The Labute approximate surface area is 123 Å². The summed E-state index contributed by atoms with van der Waals surface area (Å²) in [4.78, 5) is 31.0. The maximum Gasteiger partial charge on any atom is 0.261 e. The van der Waals surface area contributed by atoms with Gasteiger partial charge in [-0.3, -0.25) is 14.6 Å². The summed E-state index contributed by atoms with van der Waals surface area (Å²) in [6.45, 7) is 5.94. The summed E-state index contributed by atoms with van der Waals surface area (Å²) in [5, 5.41) is 2.82. The molecule has 0 fully saturated rings. The first kappa shape index (κ1) is 15.0. The van der Waals surface area contributed by atoms with E-state index in [1.165, 1.54) is 6.07 Å². The molecule has 5 nitrogen and oxygen atoms in total. The van der Waals surface area contributed by atoms with Gasteiger partial charge < -0.3 is 10.3 Å². The fraction of sp³-hybridized carbons (Fsp3) is 0.312. The number of hydrogen-bond donors (Lipinski definition) is 2. The van der Waals surface area contributed by atoms with Crippen LogP contribution in [0.3, 0.4) is 0 Å². The van der Waals surface area contributed by atoms with Crippen LogP contribution in [0.4, 0.5) is 0 Å². The predicted molar refractivity (Wildman–Crippen MR) is 82.1 cm³/mol. The molecule has 0 aliphatic heterocycles. The van der Waals surface area contributed by atoms with Crippen molar-refractivity contribution >= 4 is 5.91 Å². The fourth-order valence-corrected chi connectivity index (χ4v) is 1.78. The van der Waals surface area contributed by atoms with Crippen molar-refractivity contribution in [2.24, 2.45) is 5.92 Å². The number of pyridine rings is 2. The summed E-state index contributed by atoms with van der Waals surface area (Å²) >= 11 is 0. The Bertz CT molecular complexity index is 677. The van der Waals surface area contributed by atoms with Gasteiger partial charge in [-0.05, 0) is 37.1 Å². The zero-order chi connectivity index (χ0) is 15.4. The van der Waals surface area contributed by atoms with Gasteiger partial charge in [-0.25, -0.2) is 0 Å². The van der Waals surface area contributed by atoms with Gasteiger partial charge in [0, 0.05) is 12.2 Å². The largest absolute Gasteiger partial charge is 0.349 e. The molecule has 110 valence electrons. The van der Waals surface area contributed by atoms with Crippen molar-refractivity contribution < 1.29 is 4.79 Å². The van der Waals surface area contributed by atoms with Crippen LogP contribution >= 0.6 is 0 Å². The van der Waals surface area contributed by atoms with E-state index in [2.05, 4.69) is 15.3 Å². The van der Waals surface area contributed by atoms with E-state index in [4.69, 9.17) is 0 Å². The SMILES string of the molecule is CC(C)[C@H](C)NC(=O)c1ccc(-c2ccccn2)[nH]c1=O. The van der Waals surface area contributed by atoms with Crippen LogP contribution in [0.1, 0.15) is 31.1 Å². The Morgan fingerprint density at radius 3 is 2.52 bits per heavy atom. The number of H-pyrrole nitrogens is 1. The molecule has 21 heavy (non-hydrogen) atoms. The number of hydrogen-bond acceptors (Lipinski definition) is 3. The second-order valence-electron chi connectivity index (χ2n) is 5.34. The summed E-state index contributed by atoms with van der Waals surface area (Å²) in [7, 11) is 0. The van der Waals surface area contributed by atoms with Gasteiger partial charge in [0.2, 0.25) is 0 Å². The molecule has 2 aromatic heterocycles. The predicted octanol–water partition coefficient (Wildman–Crippen LogP) is 2.21. The highest BCUT2D eigenvalue weighted by Crippen LogP contribution is 2.11. The van der Waals surface area contributed by atoms with E-state index in [9.17, 15) is 9.59 Å². The number of nitrogens with zero attached hydrogens (tertiary/aromatic N) is 1. The lowest BCUT2D eigenvalue weighted by atomic mass is 10.1. The van der Waals surface area contributed by atoms with Gasteiger partial charge >= 0.3 is 0 Å². The van der Waals surface area contributed by atoms with Gasteiger partial charge in [0.15, 0.2) is 0 Å². The molecule has 0 bridgehead atoms. The zero-order valence-electron chi connectivity index (χ0n) is 12.4. The molecule has 5 heteroatoms. The quantitative estimate of drug-likeness (QED) is 0.904. The highest BCUT2D eigenvalue weighted by Gasteiger charge is 2.15. The van der Waals surface area contributed by atoms with Gasteiger partial charge in [0.1, 0.15) is 5.56 Å². The first-order valence-electron chi connectivity index (χ1n) is 6.94. The third kappa shape index (κ3) is 3.56. The lowest BCUT2D eigenvalue weighted by Crippen LogP contribution is -2.38. The van der Waals surface area contributed by atoms with Crippen molar-refractivity contribution in [1.82, 2.24) is 15.3 Å². The molecule has 0 saturated heterocycles. The van der Waals surface area contributed by atoms with Crippen LogP contribution in [0.25, 0.3) is 11.4 Å². The highest BCUT2D eigenvalue weighted by atomic mass is 16.2. The summed E-state index contributed by atoms with van der Waals surface area (Å²) in [5.41, 5.74) is 0.958. The van der Waals surface area contributed by atoms with Crippen LogP contribution < -0.4 is 10.9 Å². The highest BCUT2D eigenvalue weighted by molar-refractivity contribution is 5.94. The van der Waals surface area contributed by atoms with E-state index in [-0.39, 0.29) is 17.5 Å². The topological polar surface area (TPSA) is 74.8 Å². The second-order valence-corrected chi connectivity index (χ2v) is 5.34. The molecular formula is C16H19N3O2. The molecule has 0 saturated carbocycles. The standard InChI is InChI=1S/C16H19N3O2/c1-10(2)11(3)18-15(20)12-7-8-14(19-16(12)21)13-6-4-5-9-17-13/h4-11H,1-3H3,(H,18,20)(H,19,21)/t11-/m0/s1. The molecule has 2 N–H and O–H groups in total. The van der Waals surface area contributed by atoms with Crippen LogP contribution in [-0.2, 0) is 0 Å². The van der Waals surface area contributed by atoms with E-state index in [1.54, 1.807) is 24.4 Å². The van der Waals surface area contributed by atoms with Crippen LogP contribution in [0.5, 0.6) is 0 Å². The molecule has 0 radical (unpaired) electrons. The van der Waals surface area contributed by atoms with Crippen molar-refractivity contribution in [2.75, 3.05) is 0 Å². The Morgan fingerprint density at radius 1 is 1.19 bits per heavy atom. The maximum atomic E-state index is 12.1. The summed E-state index contributed by atoms with van der Waals surface area (Å²) < 4.78 is 0. The van der Waals surface area contributed by atoms with Crippen molar-refractivity contribution in [3.8, 4) is 11.4 Å². The number of nitrogens with one attached hydrogen (secondary N) is 2. The molecule has 2 heterocycles. The average molecular weight is 285 g/mol. The molecule has 1 atom stereocenters. The number of aromatic nitrogens is 2. The molecule has 2 rings (SSSR count). The fourth-order valence-electron chi connectivity index (χ4n) is 1.78. The number of aromatic amines is 1. The Hall–Kier alpha value is -2.43.